The summed E-state index contributed by atoms with van der Waals surface area (Å²) >= 11 is 0. The van der Waals surface area contributed by atoms with Gasteiger partial charge in [-0.2, -0.15) is 0 Å². The molecular weight excluding hydrogens is 1110 g/mol. The van der Waals surface area contributed by atoms with Crippen LogP contribution in [0.1, 0.15) is 156 Å². The summed E-state index contributed by atoms with van der Waals surface area (Å²) in [5.41, 5.74) is 0. The zero-order valence-corrected chi connectivity index (χ0v) is 56.3. The number of rotatable bonds is 14. The standard InChI is InChI=1S/C62H111N11O13/c1-24-43-58(81)67(17)32-48(75)68(18)44(27-33(2)3)55(78)66-49(37(10)11)61(84)69(19)45(28-34(4)5)54(77)63-40(15)53(76)64-41(16)57(80)70(20)46(29-35(6)7)59(82)71(21)47(30-36(8)9)60(83)72(22)50(38(12)13)62(85)73(23)51(56(79)65-43)52-39(14)31-42(86-52)25-26-74/h33-47,49-52,74H,24-32H2,1-23H3,(H,63,77)(H,64,76)(H,65,79)(H,66,78)/t39?,40-,41+,42?,43-,44-,45-,46-,47-,49-,50-,51+,52?/m0/s1. The van der Waals surface area contributed by atoms with Gasteiger partial charge >= 0.3 is 0 Å². The van der Waals surface area contributed by atoms with Crippen LogP contribution in [0, 0.1) is 41.4 Å². The highest BCUT2D eigenvalue weighted by Crippen LogP contribution is 2.33. The third kappa shape index (κ3) is 20.3. The minimum absolute atomic E-state index is 0.0546. The van der Waals surface area contributed by atoms with Gasteiger partial charge in [-0.05, 0) is 100 Å². The number of hydrogen-bond acceptors (Lipinski definition) is 13. The Bertz CT molecular complexity index is 2350. The SMILES string of the molecule is CC[C@@H]1NC(=O)[C@@H](C2OC(CCO)CC2C)N(C)C(=O)[C@H](C(C)C)N(C)C(=O)[C@H](CC(C)C)N(C)C(=O)[C@H](CC(C)C)N(C)C(=O)[C@@H](C)NC(=O)[C@H](C)NC(=O)[C@H](CC(C)C)N(C)C(=O)[C@H](C(C)C)NC(=O)[C@H](CC(C)C)N(C)C(=O)CN(C)C1=O. The Hall–Kier alpha value is -5.91. The Morgan fingerprint density at radius 1 is 0.477 bits per heavy atom. The maximum Gasteiger partial charge on any atom is 0.246 e. The molecule has 0 aromatic heterocycles. The third-order valence-electron chi connectivity index (χ3n) is 16.7. The van der Waals surface area contributed by atoms with Gasteiger partial charge in [-0.15, -0.1) is 0 Å². The summed E-state index contributed by atoms with van der Waals surface area (Å²) in [6.45, 7) is 27.7. The van der Waals surface area contributed by atoms with Crippen LogP contribution in [0.15, 0.2) is 0 Å². The fraction of sp³-hybridized carbons (Fsp3) is 0.823. The summed E-state index contributed by atoms with van der Waals surface area (Å²) in [6.07, 6.45) is -0.00109. The largest absolute Gasteiger partial charge is 0.396 e. The number of carbonyl (C=O) groups is 11. The number of amides is 11. The number of nitrogens with one attached hydrogen (secondary N) is 4. The van der Waals surface area contributed by atoms with Gasteiger partial charge in [-0.1, -0.05) is 96.9 Å². The summed E-state index contributed by atoms with van der Waals surface area (Å²) in [5.74, 6) is -9.07. The first kappa shape index (κ1) is 76.2. The van der Waals surface area contributed by atoms with Crippen molar-refractivity contribution < 1.29 is 62.6 Å². The number of nitrogens with zero attached hydrogens (tertiary/aromatic N) is 7. The number of hydrogen-bond donors (Lipinski definition) is 5. The van der Waals surface area contributed by atoms with E-state index in [1.54, 1.807) is 34.6 Å². The summed E-state index contributed by atoms with van der Waals surface area (Å²) < 4.78 is 6.45. The molecule has 2 rings (SSSR count). The van der Waals surface area contributed by atoms with E-state index in [2.05, 4.69) is 21.3 Å². The van der Waals surface area contributed by atoms with Crippen molar-refractivity contribution in [3.63, 3.8) is 0 Å². The van der Waals surface area contributed by atoms with Crippen molar-refractivity contribution in [2.75, 3.05) is 62.5 Å². The number of ether oxygens (including phenoxy) is 1. The average Bonchev–Trinajstić information content (AvgIpc) is 1.54. The topological polar surface area (TPSA) is 288 Å². The molecule has 0 aliphatic carbocycles. The molecule has 492 valence electrons. The van der Waals surface area contributed by atoms with E-state index in [0.29, 0.717) is 6.42 Å². The lowest BCUT2D eigenvalue weighted by Gasteiger charge is -2.41. The fourth-order valence-electron chi connectivity index (χ4n) is 11.5. The molecule has 3 unspecified atom stereocenters. The molecule has 0 radical (unpaired) electrons. The van der Waals surface area contributed by atoms with E-state index in [4.69, 9.17) is 4.74 Å². The van der Waals surface area contributed by atoms with Gasteiger partial charge in [0.25, 0.3) is 0 Å². The maximum atomic E-state index is 15.3. The van der Waals surface area contributed by atoms with Crippen LogP contribution >= 0.6 is 0 Å². The first-order valence-electron chi connectivity index (χ1n) is 31.1. The molecule has 0 aromatic rings. The van der Waals surface area contributed by atoms with Gasteiger partial charge in [0.05, 0.1) is 18.8 Å². The summed E-state index contributed by atoms with van der Waals surface area (Å²) in [4.78, 5) is 170. The minimum atomic E-state index is -1.38. The third-order valence-corrected chi connectivity index (χ3v) is 16.7. The van der Waals surface area contributed by atoms with Gasteiger partial charge < -0.3 is 65.4 Å². The Kier molecular flexibility index (Phi) is 30.1. The minimum Gasteiger partial charge on any atom is -0.396 e. The molecule has 24 heteroatoms. The molecule has 2 aliphatic heterocycles. The lowest BCUT2D eigenvalue weighted by Crippen LogP contribution is -2.63. The Balaban J connectivity index is 2.97. The monoisotopic (exact) mass is 1220 g/mol. The molecule has 2 aliphatic rings. The Morgan fingerprint density at radius 3 is 1.38 bits per heavy atom. The van der Waals surface area contributed by atoms with Crippen molar-refractivity contribution in [3.8, 4) is 0 Å². The molecule has 2 fully saturated rings. The maximum absolute atomic E-state index is 15.3. The second kappa shape index (κ2) is 34.0. The molecule has 24 nitrogen and oxygen atoms in total. The number of aliphatic hydroxyl groups is 1. The zero-order chi connectivity index (χ0) is 66.3. The quantitative estimate of drug-likeness (QED) is 0.167. The van der Waals surface area contributed by atoms with Gasteiger partial charge in [-0.3, -0.25) is 52.7 Å². The molecule has 0 spiro atoms. The van der Waals surface area contributed by atoms with Crippen LogP contribution in [-0.4, -0.2) is 239 Å². The van der Waals surface area contributed by atoms with Gasteiger partial charge in [-0.25, -0.2) is 0 Å². The predicted octanol–water partition coefficient (Wildman–Crippen LogP) is 2.48. The summed E-state index contributed by atoms with van der Waals surface area (Å²) in [6, 6.07) is -12.0. The summed E-state index contributed by atoms with van der Waals surface area (Å²) in [7, 11) is 10.1. The molecule has 2 saturated heterocycles. The molecule has 11 amide bonds. The first-order chi connectivity index (χ1) is 39.8. The number of aliphatic hydroxyl groups excluding tert-OH is 1. The van der Waals surface area contributed by atoms with Crippen molar-refractivity contribution in [3.05, 3.63) is 0 Å². The fourth-order valence-corrected chi connectivity index (χ4v) is 11.5. The number of likely N-dealkylation sites (N-methyl/N-ethyl adjacent to an activating group) is 7. The molecule has 13 atom stereocenters. The van der Waals surface area contributed by atoms with Crippen LogP contribution in [0.5, 0.6) is 0 Å². The van der Waals surface area contributed by atoms with Crippen molar-refractivity contribution in [1.29, 1.82) is 0 Å². The molecule has 5 N–H and O–H groups in total. The Morgan fingerprint density at radius 2 is 0.919 bits per heavy atom. The van der Waals surface area contributed by atoms with E-state index in [9.17, 15) is 43.5 Å². The van der Waals surface area contributed by atoms with E-state index >= 15 is 14.4 Å². The zero-order valence-electron chi connectivity index (χ0n) is 56.3. The van der Waals surface area contributed by atoms with Crippen LogP contribution in [0.25, 0.3) is 0 Å². The molecule has 0 aromatic carbocycles. The van der Waals surface area contributed by atoms with Crippen LogP contribution in [0.4, 0.5) is 0 Å². The Labute approximate surface area is 513 Å². The average molecular weight is 1220 g/mol. The van der Waals surface area contributed by atoms with Gasteiger partial charge in [0.1, 0.15) is 60.4 Å². The molecular formula is C62H111N11O13. The molecule has 86 heavy (non-hydrogen) atoms. The van der Waals surface area contributed by atoms with E-state index in [1.165, 1.54) is 92.6 Å². The van der Waals surface area contributed by atoms with Crippen molar-refractivity contribution in [2.24, 2.45) is 41.4 Å². The van der Waals surface area contributed by atoms with E-state index in [1.807, 2.05) is 62.3 Å². The summed E-state index contributed by atoms with van der Waals surface area (Å²) in [5, 5.41) is 21.0. The van der Waals surface area contributed by atoms with Gasteiger partial charge in [0.2, 0.25) is 65.0 Å². The molecule has 0 bridgehead atoms. The van der Waals surface area contributed by atoms with Crippen molar-refractivity contribution in [2.45, 2.75) is 228 Å². The normalized spacial score (nSPS) is 29.4. The van der Waals surface area contributed by atoms with E-state index in [0.717, 1.165) is 4.90 Å². The van der Waals surface area contributed by atoms with Crippen LogP contribution < -0.4 is 21.3 Å². The van der Waals surface area contributed by atoms with Crippen molar-refractivity contribution in [1.82, 2.24) is 55.6 Å². The van der Waals surface area contributed by atoms with E-state index in [-0.39, 0.29) is 74.7 Å². The first-order valence-corrected chi connectivity index (χ1v) is 31.1. The molecule has 0 saturated carbocycles. The second-order valence-corrected chi connectivity index (χ2v) is 26.8. The lowest BCUT2D eigenvalue weighted by atomic mass is 9.92. The highest BCUT2D eigenvalue weighted by atomic mass is 16.5. The smallest absolute Gasteiger partial charge is 0.246 e. The highest BCUT2D eigenvalue weighted by Gasteiger charge is 2.48. The van der Waals surface area contributed by atoms with Gasteiger partial charge in [0, 0.05) is 55.9 Å². The number of carbonyl (C=O) groups excluding carboxylic acids is 11. The van der Waals surface area contributed by atoms with Crippen LogP contribution in [0.2, 0.25) is 0 Å². The van der Waals surface area contributed by atoms with Gasteiger partial charge in [0.15, 0.2) is 0 Å². The molecule has 2 heterocycles. The lowest BCUT2D eigenvalue weighted by molar-refractivity contribution is -0.158. The van der Waals surface area contributed by atoms with Crippen LogP contribution in [-0.2, 0) is 57.5 Å². The predicted molar refractivity (Wildman–Crippen MR) is 328 cm³/mol. The van der Waals surface area contributed by atoms with E-state index < -0.39 is 156 Å². The second-order valence-electron chi connectivity index (χ2n) is 26.8. The highest BCUT2D eigenvalue weighted by molar-refractivity contribution is 5.99. The van der Waals surface area contributed by atoms with Crippen LogP contribution in [0.3, 0.4) is 0 Å². The van der Waals surface area contributed by atoms with Crippen molar-refractivity contribution >= 4 is 65.0 Å².